The standard InChI is InChI=1S/C30H30FN7O2/c1-16-12-19(37-29(39)30(3,4)5)14-33-25(16)26-23(24-27(32)34-15-35-28(24)38(26)6)18-10-11-21(20(31)13-18)40-22-9-7-8-17(2)36-22/h7-15H,1-6H3,(H,37,39)(H2,32,34,35). The van der Waals surface area contributed by atoms with Gasteiger partial charge in [0, 0.05) is 29.8 Å². The van der Waals surface area contributed by atoms with Crippen LogP contribution >= 0.6 is 0 Å². The van der Waals surface area contributed by atoms with Crippen LogP contribution in [-0.2, 0) is 11.8 Å². The maximum absolute atomic E-state index is 15.4. The van der Waals surface area contributed by atoms with E-state index in [4.69, 9.17) is 15.5 Å². The summed E-state index contributed by atoms with van der Waals surface area (Å²) in [7, 11) is 1.85. The van der Waals surface area contributed by atoms with E-state index in [2.05, 4.69) is 20.3 Å². The summed E-state index contributed by atoms with van der Waals surface area (Å²) in [5.74, 6) is -0.0782. The number of hydrogen-bond donors (Lipinski definition) is 2. The van der Waals surface area contributed by atoms with Crippen molar-refractivity contribution in [2.75, 3.05) is 11.1 Å². The van der Waals surface area contributed by atoms with Crippen molar-refractivity contribution < 1.29 is 13.9 Å². The molecule has 0 aliphatic rings. The van der Waals surface area contributed by atoms with E-state index in [-0.39, 0.29) is 17.5 Å². The molecule has 0 saturated heterocycles. The van der Waals surface area contributed by atoms with E-state index in [9.17, 15) is 4.79 Å². The molecule has 4 aromatic heterocycles. The van der Waals surface area contributed by atoms with Crippen molar-refractivity contribution in [3.05, 3.63) is 72.1 Å². The maximum atomic E-state index is 15.4. The molecule has 1 amide bonds. The Bertz CT molecular complexity index is 1770. The number of benzene rings is 1. The molecule has 3 N–H and O–H groups in total. The molecule has 40 heavy (non-hydrogen) atoms. The minimum atomic E-state index is -0.566. The number of nitrogens with zero attached hydrogens (tertiary/aromatic N) is 5. The number of nitrogens with one attached hydrogen (secondary N) is 1. The number of nitrogens with two attached hydrogens (primary N) is 1. The Morgan fingerprint density at radius 3 is 2.52 bits per heavy atom. The highest BCUT2D eigenvalue weighted by molar-refractivity contribution is 6.07. The number of carbonyl (C=O) groups is 1. The van der Waals surface area contributed by atoms with Gasteiger partial charge >= 0.3 is 0 Å². The van der Waals surface area contributed by atoms with Gasteiger partial charge in [-0.3, -0.25) is 9.78 Å². The quantitative estimate of drug-likeness (QED) is 0.272. The molecule has 204 valence electrons. The van der Waals surface area contributed by atoms with Gasteiger partial charge < -0.3 is 20.4 Å². The Kier molecular flexibility index (Phi) is 6.70. The zero-order valence-electron chi connectivity index (χ0n) is 23.2. The first kappa shape index (κ1) is 26.7. The number of carbonyl (C=O) groups excluding carboxylic acids is 1. The van der Waals surface area contributed by atoms with Crippen LogP contribution in [-0.4, -0.2) is 30.4 Å². The van der Waals surface area contributed by atoms with Crippen LogP contribution in [0.3, 0.4) is 0 Å². The first-order chi connectivity index (χ1) is 18.9. The van der Waals surface area contributed by atoms with Crippen molar-refractivity contribution in [3.8, 4) is 34.1 Å². The van der Waals surface area contributed by atoms with Crippen molar-refractivity contribution in [3.63, 3.8) is 0 Å². The van der Waals surface area contributed by atoms with E-state index in [1.54, 1.807) is 30.5 Å². The summed E-state index contributed by atoms with van der Waals surface area (Å²) in [6, 6.07) is 11.9. The first-order valence-corrected chi connectivity index (χ1v) is 12.7. The molecule has 0 unspecified atom stereocenters. The minimum absolute atomic E-state index is 0.0427. The van der Waals surface area contributed by atoms with Gasteiger partial charge in [-0.05, 0) is 49.2 Å². The average molecular weight is 540 g/mol. The smallest absolute Gasteiger partial charge is 0.229 e. The van der Waals surface area contributed by atoms with Crippen molar-refractivity contribution in [1.82, 2.24) is 24.5 Å². The molecule has 0 aliphatic heterocycles. The van der Waals surface area contributed by atoms with Gasteiger partial charge in [0.2, 0.25) is 11.8 Å². The molecule has 5 aromatic rings. The van der Waals surface area contributed by atoms with Crippen LogP contribution in [0.4, 0.5) is 15.9 Å². The lowest BCUT2D eigenvalue weighted by Gasteiger charge is -2.18. The number of aromatic nitrogens is 5. The fourth-order valence-corrected chi connectivity index (χ4v) is 4.47. The van der Waals surface area contributed by atoms with E-state index in [1.165, 1.54) is 12.4 Å². The molecule has 0 fully saturated rings. The fourth-order valence-electron chi connectivity index (χ4n) is 4.47. The van der Waals surface area contributed by atoms with E-state index in [0.717, 1.165) is 11.3 Å². The highest BCUT2D eigenvalue weighted by Gasteiger charge is 2.26. The van der Waals surface area contributed by atoms with E-state index >= 15 is 4.39 Å². The summed E-state index contributed by atoms with van der Waals surface area (Å²) < 4.78 is 23.0. The number of pyridine rings is 2. The molecule has 9 nitrogen and oxygen atoms in total. The zero-order valence-corrected chi connectivity index (χ0v) is 23.2. The summed E-state index contributed by atoms with van der Waals surface area (Å²) in [6.45, 7) is 9.27. The lowest BCUT2D eigenvalue weighted by molar-refractivity contribution is -0.123. The highest BCUT2D eigenvalue weighted by atomic mass is 19.1. The molecule has 0 atom stereocenters. The second-order valence-corrected chi connectivity index (χ2v) is 10.7. The second-order valence-electron chi connectivity index (χ2n) is 10.7. The minimum Gasteiger partial charge on any atom is -0.436 e. The van der Waals surface area contributed by atoms with Gasteiger partial charge in [0.1, 0.15) is 17.8 Å². The van der Waals surface area contributed by atoms with E-state index < -0.39 is 11.2 Å². The van der Waals surface area contributed by atoms with Gasteiger partial charge in [-0.25, -0.2) is 19.3 Å². The number of halogens is 1. The third-order valence-corrected chi connectivity index (χ3v) is 6.54. The number of fused-ring (bicyclic) bond motifs is 1. The summed E-state index contributed by atoms with van der Waals surface area (Å²) >= 11 is 0. The van der Waals surface area contributed by atoms with Gasteiger partial charge in [0.05, 0.1) is 28.7 Å². The van der Waals surface area contributed by atoms with E-state index in [1.807, 2.05) is 58.4 Å². The number of nitrogen functional groups attached to an aromatic ring is 1. The van der Waals surface area contributed by atoms with Gasteiger partial charge in [0.25, 0.3) is 0 Å². The van der Waals surface area contributed by atoms with Crippen LogP contribution in [0.5, 0.6) is 11.6 Å². The topological polar surface area (TPSA) is 121 Å². The van der Waals surface area contributed by atoms with Crippen LogP contribution in [0.1, 0.15) is 32.0 Å². The Balaban J connectivity index is 1.63. The number of hydrogen-bond acceptors (Lipinski definition) is 7. The molecule has 5 rings (SSSR count). The predicted molar refractivity (Wildman–Crippen MR) is 153 cm³/mol. The van der Waals surface area contributed by atoms with Crippen molar-refractivity contribution in [2.45, 2.75) is 34.6 Å². The summed E-state index contributed by atoms with van der Waals surface area (Å²) in [6.07, 6.45) is 3.00. The lowest BCUT2D eigenvalue weighted by Crippen LogP contribution is -2.27. The van der Waals surface area contributed by atoms with Gasteiger partial charge in [-0.1, -0.05) is 32.9 Å². The summed E-state index contributed by atoms with van der Waals surface area (Å²) in [5.41, 5.74) is 11.0. The Hall–Kier alpha value is -4.86. The number of rotatable bonds is 5. The van der Waals surface area contributed by atoms with E-state index in [0.29, 0.717) is 45.1 Å². The van der Waals surface area contributed by atoms with Crippen LogP contribution in [0.25, 0.3) is 33.5 Å². The van der Waals surface area contributed by atoms with Crippen LogP contribution in [0.15, 0.2) is 55.0 Å². The SMILES string of the molecule is Cc1cccc(Oc2ccc(-c3c(-c4ncc(NC(=O)C(C)(C)C)cc4C)n(C)c4ncnc(N)c34)cc2F)n1. The molecule has 0 bridgehead atoms. The summed E-state index contributed by atoms with van der Waals surface area (Å²) in [4.78, 5) is 30.2. The highest BCUT2D eigenvalue weighted by Crippen LogP contribution is 2.43. The van der Waals surface area contributed by atoms with Crippen molar-refractivity contribution >= 4 is 28.4 Å². The van der Waals surface area contributed by atoms with Gasteiger partial charge in [-0.2, -0.15) is 0 Å². The summed E-state index contributed by atoms with van der Waals surface area (Å²) in [5, 5.41) is 3.50. The molecular weight excluding hydrogens is 509 g/mol. The van der Waals surface area contributed by atoms with Gasteiger partial charge in [-0.15, -0.1) is 0 Å². The molecule has 0 radical (unpaired) electrons. The lowest BCUT2D eigenvalue weighted by atomic mass is 9.95. The molecule has 1 aromatic carbocycles. The Morgan fingerprint density at radius 1 is 1.07 bits per heavy atom. The van der Waals surface area contributed by atoms with Gasteiger partial charge in [0.15, 0.2) is 11.6 Å². The van der Waals surface area contributed by atoms with Crippen LogP contribution in [0.2, 0.25) is 0 Å². The monoisotopic (exact) mass is 539 g/mol. The second kappa shape index (κ2) is 10.0. The Morgan fingerprint density at radius 2 is 1.85 bits per heavy atom. The molecule has 0 spiro atoms. The molecule has 0 saturated carbocycles. The fraction of sp³-hybridized carbons (Fsp3) is 0.233. The van der Waals surface area contributed by atoms with Crippen LogP contribution < -0.4 is 15.8 Å². The number of aryl methyl sites for hydroxylation is 3. The molecular formula is C30H30FN7O2. The number of amides is 1. The zero-order chi connectivity index (χ0) is 28.8. The molecule has 10 heteroatoms. The first-order valence-electron chi connectivity index (χ1n) is 12.7. The normalized spacial score (nSPS) is 11.6. The maximum Gasteiger partial charge on any atom is 0.229 e. The average Bonchev–Trinajstić information content (AvgIpc) is 3.18. The third-order valence-electron chi connectivity index (χ3n) is 6.54. The molecule has 0 aliphatic carbocycles. The Labute approximate surface area is 231 Å². The third kappa shape index (κ3) is 4.95. The molecule has 4 heterocycles. The van der Waals surface area contributed by atoms with Crippen molar-refractivity contribution in [2.24, 2.45) is 12.5 Å². The van der Waals surface area contributed by atoms with Crippen molar-refractivity contribution in [1.29, 1.82) is 0 Å². The number of anilines is 2. The largest absolute Gasteiger partial charge is 0.436 e. The van der Waals surface area contributed by atoms with Crippen LogP contribution in [0, 0.1) is 25.1 Å². The predicted octanol–water partition coefficient (Wildman–Crippen LogP) is 6.21. The number of ether oxygens (including phenoxy) is 1.